The Labute approximate surface area is 233 Å². The molecule has 4 N–H and O–H groups in total. The van der Waals surface area contributed by atoms with Gasteiger partial charge in [-0.2, -0.15) is 0 Å². The van der Waals surface area contributed by atoms with Crippen molar-refractivity contribution in [1.29, 1.82) is 0 Å². The number of rotatable bonds is 5. The summed E-state index contributed by atoms with van der Waals surface area (Å²) in [5.74, 6) is -3.87. The summed E-state index contributed by atoms with van der Waals surface area (Å²) >= 11 is 0. The fraction of sp³-hybridized carbons (Fsp3) is 0.467. The smallest absolute Gasteiger partial charge is 0.255 e. The molecule has 0 aliphatic carbocycles. The highest BCUT2D eigenvalue weighted by molar-refractivity contribution is 6.00. The molecule has 10 heteroatoms. The van der Waals surface area contributed by atoms with E-state index < -0.39 is 59.9 Å². The van der Waals surface area contributed by atoms with Gasteiger partial charge >= 0.3 is 0 Å². The second-order valence-electron chi connectivity index (χ2n) is 10.8. The van der Waals surface area contributed by atoms with Crippen LogP contribution in [0, 0.1) is 11.8 Å². The van der Waals surface area contributed by atoms with Crippen molar-refractivity contribution >= 4 is 23.5 Å². The molecular formula is C30H37N3O7. The van der Waals surface area contributed by atoms with E-state index in [0.717, 1.165) is 5.56 Å². The Hall–Kier alpha value is -3.76. The first kappa shape index (κ1) is 29.2. The normalized spacial score (nSPS) is 29.9. The fourth-order valence-corrected chi connectivity index (χ4v) is 5.43. The number of hydrogen-bond acceptors (Lipinski definition) is 7. The topological polar surface area (TPSA) is 145 Å². The lowest BCUT2D eigenvalue weighted by Crippen LogP contribution is -2.61. The van der Waals surface area contributed by atoms with Crippen LogP contribution in [0.2, 0.25) is 0 Å². The number of phenols is 1. The van der Waals surface area contributed by atoms with Crippen LogP contribution in [0.4, 0.5) is 0 Å². The Morgan fingerprint density at radius 3 is 2.35 bits per heavy atom. The van der Waals surface area contributed by atoms with Crippen LogP contribution in [0.1, 0.15) is 42.6 Å². The highest BCUT2D eigenvalue weighted by atomic mass is 16.5. The average Bonchev–Trinajstić information content (AvgIpc) is 2.91. The lowest BCUT2D eigenvalue weighted by molar-refractivity contribution is -0.158. The van der Waals surface area contributed by atoms with Crippen LogP contribution in [0.15, 0.2) is 54.6 Å². The number of ether oxygens (including phenoxy) is 1. The number of aliphatic hydroxyl groups excluding tert-OH is 1. The van der Waals surface area contributed by atoms with Crippen LogP contribution in [0.5, 0.6) is 5.75 Å². The van der Waals surface area contributed by atoms with Gasteiger partial charge in [0.05, 0.1) is 29.7 Å². The number of nitrogens with one attached hydrogen (secondary N) is 2. The number of ketones is 1. The molecule has 214 valence electrons. The molecule has 10 nitrogen and oxygen atoms in total. The summed E-state index contributed by atoms with van der Waals surface area (Å²) in [5, 5.41) is 27.1. The number of nitrogens with zero attached hydrogens (tertiary/aromatic N) is 1. The number of likely N-dealkylation sites (N-methyl/N-ethyl adjacent to an activating group) is 1. The van der Waals surface area contributed by atoms with Crippen molar-refractivity contribution in [1.82, 2.24) is 15.5 Å². The molecule has 40 heavy (non-hydrogen) atoms. The highest BCUT2D eigenvalue weighted by Crippen LogP contribution is 2.27. The number of phenolic OH excluding ortho intramolecular Hbond substituents is 1. The first-order valence-electron chi connectivity index (χ1n) is 13.6. The zero-order valence-electron chi connectivity index (χ0n) is 22.9. The van der Waals surface area contributed by atoms with E-state index in [1.165, 1.54) is 24.1 Å². The molecule has 0 bridgehead atoms. The van der Waals surface area contributed by atoms with Gasteiger partial charge in [-0.15, -0.1) is 0 Å². The lowest BCUT2D eigenvalue weighted by atomic mass is 9.85. The van der Waals surface area contributed by atoms with E-state index in [4.69, 9.17) is 4.74 Å². The Morgan fingerprint density at radius 2 is 1.73 bits per heavy atom. The van der Waals surface area contributed by atoms with Gasteiger partial charge in [-0.3, -0.25) is 19.2 Å². The number of Topliss-reactive ketones (excluding diaryl/α,β-unsaturated/α-hetero) is 1. The minimum Gasteiger partial charge on any atom is -0.507 e. The molecule has 7 atom stereocenters. The molecule has 2 aromatic rings. The van der Waals surface area contributed by atoms with Crippen molar-refractivity contribution in [3.05, 3.63) is 65.7 Å². The predicted octanol–water partition coefficient (Wildman–Crippen LogP) is 1.44. The predicted molar refractivity (Wildman–Crippen MR) is 146 cm³/mol. The van der Waals surface area contributed by atoms with Gasteiger partial charge in [-0.25, -0.2) is 0 Å². The van der Waals surface area contributed by atoms with Crippen molar-refractivity contribution < 1.29 is 34.1 Å². The Morgan fingerprint density at radius 1 is 1.07 bits per heavy atom. The monoisotopic (exact) mass is 551 g/mol. The summed E-state index contributed by atoms with van der Waals surface area (Å²) in [6.45, 7) is 3.72. The fourth-order valence-electron chi connectivity index (χ4n) is 5.43. The standard InChI is InChI=1S/C30H37N3O7/c1-17-15-23(35)26(24-13-14-40-24)33(3)30(39)18(2)27(36)21(16-19-9-5-4-6-10-19)31-29(38)25(17)32-28(37)20-11-7-8-12-22(20)34/h4-12,17-18,21,24-27,34,36H,13-16H2,1-3H3,(H,31,38)(H,32,37)/t17-,18+,21-,24?,25-,26?,27-/m0/s1. The number of para-hydroxylation sites is 1. The molecule has 2 fully saturated rings. The molecule has 2 saturated heterocycles. The number of hydrogen-bond donors (Lipinski definition) is 4. The van der Waals surface area contributed by atoms with E-state index in [1.807, 2.05) is 30.3 Å². The number of carbonyl (C=O) groups excluding carboxylic acids is 4. The van der Waals surface area contributed by atoms with E-state index in [1.54, 1.807) is 26.0 Å². The van der Waals surface area contributed by atoms with Crippen molar-refractivity contribution in [2.75, 3.05) is 13.7 Å². The van der Waals surface area contributed by atoms with Crippen molar-refractivity contribution in [2.24, 2.45) is 11.8 Å². The molecule has 2 aromatic carbocycles. The van der Waals surface area contributed by atoms with E-state index in [-0.39, 0.29) is 29.9 Å². The van der Waals surface area contributed by atoms with Crippen molar-refractivity contribution in [3.63, 3.8) is 0 Å². The number of carbonyl (C=O) groups is 4. The second kappa shape index (κ2) is 12.6. The molecule has 3 amide bonds. The Balaban J connectivity index is 1.70. The quantitative estimate of drug-likeness (QED) is 0.440. The van der Waals surface area contributed by atoms with Crippen LogP contribution >= 0.6 is 0 Å². The van der Waals surface area contributed by atoms with Crippen molar-refractivity contribution in [3.8, 4) is 5.75 Å². The van der Waals surface area contributed by atoms with E-state index in [9.17, 15) is 29.4 Å². The Bertz CT molecular complexity index is 1230. The zero-order valence-corrected chi connectivity index (χ0v) is 22.9. The molecule has 4 rings (SSSR count). The van der Waals surface area contributed by atoms with Gasteiger partial charge in [-0.05, 0) is 36.5 Å². The average molecular weight is 552 g/mol. The number of amides is 3. The van der Waals surface area contributed by atoms with E-state index in [2.05, 4.69) is 10.6 Å². The first-order chi connectivity index (χ1) is 19.1. The SMILES string of the molecule is C[C@H]1CC(=O)C(C2CCO2)N(C)C(=O)[C@H](C)[C@H](O)[C@H](Cc2ccccc2)NC(=O)[C@H]1NC(=O)c1ccccc1O. The third-order valence-electron chi connectivity index (χ3n) is 7.93. The van der Waals surface area contributed by atoms with E-state index in [0.29, 0.717) is 13.0 Å². The summed E-state index contributed by atoms with van der Waals surface area (Å²) < 4.78 is 5.61. The van der Waals surface area contributed by atoms with Crippen LogP contribution in [-0.2, 0) is 25.5 Å². The van der Waals surface area contributed by atoms with Gasteiger partial charge in [0.15, 0.2) is 5.78 Å². The molecule has 0 radical (unpaired) electrons. The number of aromatic hydroxyl groups is 1. The summed E-state index contributed by atoms with van der Waals surface area (Å²) in [6.07, 6.45) is -1.05. The molecule has 2 unspecified atom stereocenters. The maximum Gasteiger partial charge on any atom is 0.255 e. The third-order valence-corrected chi connectivity index (χ3v) is 7.93. The van der Waals surface area contributed by atoms with Crippen LogP contribution in [-0.4, -0.2) is 82.6 Å². The van der Waals surface area contributed by atoms with Gasteiger partial charge in [0.1, 0.15) is 17.8 Å². The molecule has 2 aliphatic rings. The maximum absolute atomic E-state index is 13.7. The van der Waals surface area contributed by atoms with Crippen LogP contribution < -0.4 is 10.6 Å². The minimum absolute atomic E-state index is 0.0134. The third kappa shape index (κ3) is 6.34. The van der Waals surface area contributed by atoms with Crippen LogP contribution in [0.25, 0.3) is 0 Å². The summed E-state index contributed by atoms with van der Waals surface area (Å²) in [5.41, 5.74) is 0.825. The molecule has 0 spiro atoms. The van der Waals surface area contributed by atoms with Crippen LogP contribution in [0.3, 0.4) is 0 Å². The minimum atomic E-state index is -1.29. The second-order valence-corrected chi connectivity index (χ2v) is 10.8. The maximum atomic E-state index is 13.7. The largest absolute Gasteiger partial charge is 0.507 e. The van der Waals surface area contributed by atoms with Gasteiger partial charge in [0.2, 0.25) is 11.8 Å². The molecular weight excluding hydrogens is 514 g/mol. The van der Waals surface area contributed by atoms with Gasteiger partial charge in [0.25, 0.3) is 5.91 Å². The molecule has 0 aromatic heterocycles. The number of benzene rings is 2. The molecule has 2 aliphatic heterocycles. The van der Waals surface area contributed by atoms with Crippen molar-refractivity contribution in [2.45, 2.75) is 63.4 Å². The zero-order chi connectivity index (χ0) is 29.0. The highest BCUT2D eigenvalue weighted by Gasteiger charge is 2.44. The molecule has 0 saturated carbocycles. The number of aliphatic hydroxyl groups is 1. The van der Waals surface area contributed by atoms with Gasteiger partial charge in [-0.1, -0.05) is 56.3 Å². The van der Waals surface area contributed by atoms with E-state index >= 15 is 0 Å². The summed E-state index contributed by atoms with van der Waals surface area (Å²) in [7, 11) is 1.54. The Kier molecular flexibility index (Phi) is 9.21. The first-order valence-corrected chi connectivity index (χ1v) is 13.6. The summed E-state index contributed by atoms with van der Waals surface area (Å²) in [6, 6.07) is 12.3. The molecule has 2 heterocycles. The summed E-state index contributed by atoms with van der Waals surface area (Å²) in [4.78, 5) is 55.3. The lowest BCUT2D eigenvalue weighted by Gasteiger charge is -2.41. The van der Waals surface area contributed by atoms with Gasteiger partial charge < -0.3 is 30.5 Å². The van der Waals surface area contributed by atoms with Gasteiger partial charge in [0, 0.05) is 20.1 Å².